The summed E-state index contributed by atoms with van der Waals surface area (Å²) in [6.07, 6.45) is 2.46. The predicted octanol–water partition coefficient (Wildman–Crippen LogP) is 1.44. The Balaban J connectivity index is 1.61. The first-order chi connectivity index (χ1) is 8.74. The van der Waals surface area contributed by atoms with Crippen LogP contribution in [0.2, 0.25) is 0 Å². The molecule has 1 aliphatic rings. The molecule has 1 aromatic heterocycles. The topological polar surface area (TPSA) is 37.6 Å². The van der Waals surface area contributed by atoms with Gasteiger partial charge in [0.05, 0.1) is 12.7 Å². The van der Waals surface area contributed by atoms with E-state index in [0.29, 0.717) is 6.10 Å². The highest BCUT2D eigenvalue weighted by Crippen LogP contribution is 2.08. The third-order valence-corrected chi connectivity index (χ3v) is 3.37. The molecule has 4 heteroatoms. The monoisotopic (exact) mass is 252 g/mol. The summed E-state index contributed by atoms with van der Waals surface area (Å²) in [4.78, 5) is 2.34. The fraction of sp³-hybridized carbons (Fsp3) is 0.714. The molecule has 0 amide bonds. The number of furan rings is 1. The molecule has 1 unspecified atom stereocenters. The normalized spacial score (nSPS) is 20.5. The van der Waals surface area contributed by atoms with E-state index in [0.717, 1.165) is 57.1 Å². The predicted molar refractivity (Wildman–Crippen MR) is 71.9 cm³/mol. The van der Waals surface area contributed by atoms with E-state index in [9.17, 15) is 0 Å². The number of rotatable bonds is 6. The summed E-state index contributed by atoms with van der Waals surface area (Å²) in [5.41, 5.74) is 0. The molecule has 1 saturated heterocycles. The fourth-order valence-corrected chi connectivity index (χ4v) is 2.20. The van der Waals surface area contributed by atoms with Crippen LogP contribution >= 0.6 is 0 Å². The van der Waals surface area contributed by atoms with Gasteiger partial charge in [0.1, 0.15) is 11.5 Å². The molecule has 4 nitrogen and oxygen atoms in total. The van der Waals surface area contributed by atoms with Gasteiger partial charge in [-0.05, 0) is 32.5 Å². The van der Waals surface area contributed by atoms with E-state index < -0.39 is 0 Å². The van der Waals surface area contributed by atoms with Crippen LogP contribution in [0.1, 0.15) is 17.9 Å². The van der Waals surface area contributed by atoms with Crippen LogP contribution in [0.15, 0.2) is 16.5 Å². The first kappa shape index (κ1) is 13.6. The minimum absolute atomic E-state index is 0.382. The summed E-state index contributed by atoms with van der Waals surface area (Å²) >= 11 is 0. The van der Waals surface area contributed by atoms with Crippen LogP contribution in [0.3, 0.4) is 0 Å². The second kappa shape index (κ2) is 6.92. The van der Waals surface area contributed by atoms with Crippen molar-refractivity contribution in [2.75, 3.05) is 39.8 Å². The highest BCUT2D eigenvalue weighted by molar-refractivity contribution is 5.05. The largest absolute Gasteiger partial charge is 0.466 e. The average Bonchev–Trinajstić information content (AvgIpc) is 2.81. The number of aryl methyl sites for hydroxylation is 1. The molecule has 1 aromatic rings. The summed E-state index contributed by atoms with van der Waals surface area (Å²) in [5.74, 6) is 2.07. The summed E-state index contributed by atoms with van der Waals surface area (Å²) < 4.78 is 11.3. The molecule has 0 saturated carbocycles. The third kappa shape index (κ3) is 4.44. The number of nitrogens with zero attached hydrogens (tertiary/aromatic N) is 1. The van der Waals surface area contributed by atoms with Gasteiger partial charge in [-0.1, -0.05) is 0 Å². The highest BCUT2D eigenvalue weighted by atomic mass is 16.5. The first-order valence-electron chi connectivity index (χ1n) is 6.80. The Morgan fingerprint density at radius 2 is 2.28 bits per heavy atom. The molecule has 0 bridgehead atoms. The SMILES string of the molecule is Cc1ccc(CCN(C)CCC2CNCCO2)o1. The van der Waals surface area contributed by atoms with Crippen LogP contribution < -0.4 is 5.32 Å². The second-order valence-electron chi connectivity index (χ2n) is 5.05. The Hall–Kier alpha value is -0.840. The summed E-state index contributed by atoms with van der Waals surface area (Å²) in [6.45, 7) is 6.93. The zero-order valence-electron chi connectivity index (χ0n) is 11.4. The van der Waals surface area contributed by atoms with Crippen LogP contribution in [0.5, 0.6) is 0 Å². The van der Waals surface area contributed by atoms with Crippen molar-refractivity contribution in [3.05, 3.63) is 23.7 Å². The molecule has 1 N–H and O–H groups in total. The molecule has 1 atom stereocenters. The number of ether oxygens (including phenoxy) is 1. The smallest absolute Gasteiger partial charge is 0.105 e. The maximum Gasteiger partial charge on any atom is 0.105 e. The van der Waals surface area contributed by atoms with Crippen LogP contribution in [-0.2, 0) is 11.2 Å². The number of morpholine rings is 1. The van der Waals surface area contributed by atoms with E-state index in [-0.39, 0.29) is 0 Å². The van der Waals surface area contributed by atoms with Gasteiger partial charge in [0.25, 0.3) is 0 Å². The maximum atomic E-state index is 5.69. The molecule has 1 aliphatic heterocycles. The standard InChI is InChI=1S/C14H24N2O2/c1-12-3-4-13(18-12)5-8-16(2)9-6-14-11-15-7-10-17-14/h3-4,14-15H,5-11H2,1-2H3. The lowest BCUT2D eigenvalue weighted by atomic mass is 10.2. The van der Waals surface area contributed by atoms with Crippen molar-refractivity contribution >= 4 is 0 Å². The summed E-state index contributed by atoms with van der Waals surface area (Å²) in [7, 11) is 2.16. The Labute approximate surface area is 109 Å². The molecule has 18 heavy (non-hydrogen) atoms. The Morgan fingerprint density at radius 1 is 1.39 bits per heavy atom. The van der Waals surface area contributed by atoms with Gasteiger partial charge in [0, 0.05) is 32.6 Å². The van der Waals surface area contributed by atoms with Gasteiger partial charge in [-0.3, -0.25) is 0 Å². The number of likely N-dealkylation sites (N-methyl/N-ethyl adjacent to an activating group) is 1. The van der Waals surface area contributed by atoms with Crippen molar-refractivity contribution in [2.45, 2.75) is 25.9 Å². The summed E-state index contributed by atoms with van der Waals surface area (Å²) in [5, 5.41) is 3.36. The molecule has 102 valence electrons. The zero-order chi connectivity index (χ0) is 12.8. The van der Waals surface area contributed by atoms with Crippen LogP contribution in [0.4, 0.5) is 0 Å². The number of nitrogens with one attached hydrogen (secondary N) is 1. The van der Waals surface area contributed by atoms with Crippen LogP contribution in [-0.4, -0.2) is 50.8 Å². The molecule has 2 heterocycles. The maximum absolute atomic E-state index is 5.69. The van der Waals surface area contributed by atoms with Crippen molar-refractivity contribution in [2.24, 2.45) is 0 Å². The molecule has 0 radical (unpaired) electrons. The van der Waals surface area contributed by atoms with Gasteiger partial charge in [-0.2, -0.15) is 0 Å². The minimum atomic E-state index is 0.382. The fourth-order valence-electron chi connectivity index (χ4n) is 2.20. The minimum Gasteiger partial charge on any atom is -0.466 e. The van der Waals surface area contributed by atoms with Crippen LogP contribution in [0, 0.1) is 6.92 Å². The van der Waals surface area contributed by atoms with E-state index in [1.54, 1.807) is 0 Å². The van der Waals surface area contributed by atoms with E-state index in [1.807, 2.05) is 13.0 Å². The Morgan fingerprint density at radius 3 is 2.94 bits per heavy atom. The van der Waals surface area contributed by atoms with Gasteiger partial charge in [-0.25, -0.2) is 0 Å². The van der Waals surface area contributed by atoms with E-state index in [2.05, 4.69) is 23.3 Å². The molecular formula is C14H24N2O2. The second-order valence-corrected chi connectivity index (χ2v) is 5.05. The van der Waals surface area contributed by atoms with Gasteiger partial charge < -0.3 is 19.4 Å². The van der Waals surface area contributed by atoms with Gasteiger partial charge in [0.15, 0.2) is 0 Å². The van der Waals surface area contributed by atoms with E-state index in [4.69, 9.17) is 9.15 Å². The highest BCUT2D eigenvalue weighted by Gasteiger charge is 2.13. The lowest BCUT2D eigenvalue weighted by Crippen LogP contribution is -2.40. The lowest BCUT2D eigenvalue weighted by molar-refractivity contribution is 0.0188. The molecule has 0 aromatic carbocycles. The molecular weight excluding hydrogens is 228 g/mol. The van der Waals surface area contributed by atoms with Crippen molar-refractivity contribution in [1.82, 2.24) is 10.2 Å². The first-order valence-corrected chi connectivity index (χ1v) is 6.80. The average molecular weight is 252 g/mol. The Kier molecular flexibility index (Phi) is 5.23. The molecule has 2 rings (SSSR count). The van der Waals surface area contributed by atoms with Crippen molar-refractivity contribution < 1.29 is 9.15 Å². The van der Waals surface area contributed by atoms with E-state index in [1.165, 1.54) is 0 Å². The molecule has 1 fully saturated rings. The number of hydrogen-bond donors (Lipinski definition) is 1. The van der Waals surface area contributed by atoms with Crippen molar-refractivity contribution in [1.29, 1.82) is 0 Å². The lowest BCUT2D eigenvalue weighted by Gasteiger charge is -2.25. The quantitative estimate of drug-likeness (QED) is 0.831. The van der Waals surface area contributed by atoms with Crippen molar-refractivity contribution in [3.63, 3.8) is 0 Å². The third-order valence-electron chi connectivity index (χ3n) is 3.37. The number of hydrogen-bond acceptors (Lipinski definition) is 4. The van der Waals surface area contributed by atoms with E-state index >= 15 is 0 Å². The van der Waals surface area contributed by atoms with Crippen LogP contribution in [0.25, 0.3) is 0 Å². The summed E-state index contributed by atoms with van der Waals surface area (Å²) in [6, 6.07) is 4.09. The van der Waals surface area contributed by atoms with Gasteiger partial charge in [-0.15, -0.1) is 0 Å². The zero-order valence-corrected chi connectivity index (χ0v) is 11.4. The molecule has 0 aliphatic carbocycles. The van der Waals surface area contributed by atoms with Gasteiger partial charge in [0.2, 0.25) is 0 Å². The van der Waals surface area contributed by atoms with Crippen molar-refractivity contribution in [3.8, 4) is 0 Å². The molecule has 0 spiro atoms. The van der Waals surface area contributed by atoms with Gasteiger partial charge >= 0.3 is 0 Å². The Bertz CT molecular complexity index is 345.